The van der Waals surface area contributed by atoms with Crippen LogP contribution in [0.4, 0.5) is 5.69 Å². The van der Waals surface area contributed by atoms with Gasteiger partial charge in [0.25, 0.3) is 0 Å². The standard InChI is InChI=1S/C14H17N3O2S/c1-11-4-3-5-12(8-11)10-17(2)20(18,19)14-9-16-7-6-13(14)15/h3-9H,10H2,1-2H3,(H2,15,16). The Morgan fingerprint density at radius 1 is 1.30 bits per heavy atom. The fourth-order valence-corrected chi connectivity index (χ4v) is 3.14. The summed E-state index contributed by atoms with van der Waals surface area (Å²) in [6, 6.07) is 9.21. The van der Waals surface area contributed by atoms with E-state index in [1.165, 1.54) is 29.8 Å². The van der Waals surface area contributed by atoms with Crippen molar-refractivity contribution in [2.24, 2.45) is 0 Å². The van der Waals surface area contributed by atoms with E-state index in [9.17, 15) is 8.42 Å². The quantitative estimate of drug-likeness (QED) is 0.931. The van der Waals surface area contributed by atoms with Gasteiger partial charge >= 0.3 is 0 Å². The Morgan fingerprint density at radius 2 is 2.05 bits per heavy atom. The number of nitrogens with two attached hydrogens (primary N) is 1. The molecule has 0 saturated heterocycles. The zero-order chi connectivity index (χ0) is 14.8. The Bertz CT molecular complexity index is 714. The summed E-state index contributed by atoms with van der Waals surface area (Å²) in [5.74, 6) is 0. The number of benzene rings is 1. The molecule has 0 fully saturated rings. The molecule has 0 aliphatic carbocycles. The maximum Gasteiger partial charge on any atom is 0.246 e. The van der Waals surface area contributed by atoms with Gasteiger partial charge in [0.1, 0.15) is 4.90 Å². The van der Waals surface area contributed by atoms with Gasteiger partial charge in [-0.05, 0) is 18.6 Å². The SMILES string of the molecule is Cc1cccc(CN(C)S(=O)(=O)c2cnccc2N)c1. The second kappa shape index (κ2) is 5.60. The van der Waals surface area contributed by atoms with Crippen molar-refractivity contribution >= 4 is 15.7 Å². The van der Waals surface area contributed by atoms with Gasteiger partial charge in [-0.15, -0.1) is 0 Å². The van der Waals surface area contributed by atoms with E-state index in [1.54, 1.807) is 0 Å². The number of hydrogen-bond donors (Lipinski definition) is 1. The highest BCUT2D eigenvalue weighted by Crippen LogP contribution is 2.21. The van der Waals surface area contributed by atoms with Crippen molar-refractivity contribution in [3.63, 3.8) is 0 Å². The number of anilines is 1. The second-order valence-electron chi connectivity index (χ2n) is 4.66. The molecule has 1 aromatic heterocycles. The number of nitrogens with zero attached hydrogens (tertiary/aromatic N) is 2. The molecule has 0 saturated carbocycles. The predicted octanol–water partition coefficient (Wildman–Crippen LogP) is 1.79. The summed E-state index contributed by atoms with van der Waals surface area (Å²) in [5.41, 5.74) is 7.94. The normalized spacial score (nSPS) is 11.8. The summed E-state index contributed by atoms with van der Waals surface area (Å²) in [6.07, 6.45) is 2.74. The zero-order valence-electron chi connectivity index (χ0n) is 11.4. The maximum atomic E-state index is 12.4. The van der Waals surface area contributed by atoms with Gasteiger partial charge in [0.15, 0.2) is 0 Å². The highest BCUT2D eigenvalue weighted by atomic mass is 32.2. The Kier molecular flexibility index (Phi) is 4.06. The average molecular weight is 291 g/mol. The van der Waals surface area contributed by atoms with Gasteiger partial charge in [0.05, 0.1) is 5.69 Å². The van der Waals surface area contributed by atoms with Crippen LogP contribution in [-0.4, -0.2) is 24.8 Å². The molecular weight excluding hydrogens is 274 g/mol. The molecule has 6 heteroatoms. The molecule has 0 aliphatic rings. The highest BCUT2D eigenvalue weighted by Gasteiger charge is 2.23. The first kappa shape index (κ1) is 14.5. The molecule has 1 heterocycles. The highest BCUT2D eigenvalue weighted by molar-refractivity contribution is 7.89. The number of pyridine rings is 1. The molecular formula is C14H17N3O2S. The third-order valence-corrected chi connectivity index (χ3v) is 4.84. The number of rotatable bonds is 4. The molecule has 0 radical (unpaired) electrons. The second-order valence-corrected chi connectivity index (χ2v) is 6.68. The maximum absolute atomic E-state index is 12.4. The first-order chi connectivity index (χ1) is 9.41. The predicted molar refractivity (Wildman–Crippen MR) is 78.5 cm³/mol. The van der Waals surface area contributed by atoms with Gasteiger partial charge < -0.3 is 5.73 Å². The van der Waals surface area contributed by atoms with E-state index < -0.39 is 10.0 Å². The zero-order valence-corrected chi connectivity index (χ0v) is 12.3. The first-order valence-electron chi connectivity index (χ1n) is 6.12. The van der Waals surface area contributed by atoms with E-state index in [-0.39, 0.29) is 10.6 Å². The fourth-order valence-electron chi connectivity index (χ4n) is 1.93. The van der Waals surface area contributed by atoms with Crippen molar-refractivity contribution < 1.29 is 8.42 Å². The topological polar surface area (TPSA) is 76.3 Å². The minimum absolute atomic E-state index is 0.0372. The van der Waals surface area contributed by atoms with Gasteiger partial charge in [-0.3, -0.25) is 4.98 Å². The van der Waals surface area contributed by atoms with E-state index in [2.05, 4.69) is 4.98 Å². The van der Waals surface area contributed by atoms with Gasteiger partial charge in [0, 0.05) is 26.0 Å². The third-order valence-electron chi connectivity index (χ3n) is 2.99. The minimum Gasteiger partial charge on any atom is -0.398 e. The van der Waals surface area contributed by atoms with Crippen LogP contribution in [0.2, 0.25) is 0 Å². The summed E-state index contributed by atoms with van der Waals surface area (Å²) in [5, 5.41) is 0. The molecule has 20 heavy (non-hydrogen) atoms. The lowest BCUT2D eigenvalue weighted by Gasteiger charge is -2.18. The van der Waals surface area contributed by atoms with Crippen molar-refractivity contribution in [1.29, 1.82) is 0 Å². The molecule has 0 atom stereocenters. The largest absolute Gasteiger partial charge is 0.398 e. The van der Waals surface area contributed by atoms with Crippen molar-refractivity contribution in [1.82, 2.24) is 9.29 Å². The lowest BCUT2D eigenvalue weighted by atomic mass is 10.1. The Hall–Kier alpha value is -1.92. The van der Waals surface area contributed by atoms with Crippen molar-refractivity contribution in [3.8, 4) is 0 Å². The van der Waals surface area contributed by atoms with Crippen molar-refractivity contribution in [2.75, 3.05) is 12.8 Å². The van der Waals surface area contributed by atoms with Crippen LogP contribution in [0.5, 0.6) is 0 Å². The van der Waals surface area contributed by atoms with E-state index in [4.69, 9.17) is 5.73 Å². The lowest BCUT2D eigenvalue weighted by molar-refractivity contribution is 0.466. The molecule has 1 aromatic carbocycles. The number of sulfonamides is 1. The smallest absolute Gasteiger partial charge is 0.246 e. The van der Waals surface area contributed by atoms with Crippen molar-refractivity contribution in [3.05, 3.63) is 53.9 Å². The molecule has 2 rings (SSSR count). The summed E-state index contributed by atoms with van der Waals surface area (Å²) < 4.78 is 26.2. The molecule has 106 valence electrons. The third kappa shape index (κ3) is 2.97. The van der Waals surface area contributed by atoms with Crippen LogP contribution in [0, 0.1) is 6.92 Å². The number of aromatic nitrogens is 1. The lowest BCUT2D eigenvalue weighted by Crippen LogP contribution is -2.27. The molecule has 0 bridgehead atoms. The first-order valence-corrected chi connectivity index (χ1v) is 7.56. The van der Waals surface area contributed by atoms with Crippen LogP contribution in [0.3, 0.4) is 0 Å². The molecule has 2 N–H and O–H groups in total. The van der Waals surface area contributed by atoms with Crippen LogP contribution >= 0.6 is 0 Å². The molecule has 0 amide bonds. The van der Waals surface area contributed by atoms with Gasteiger partial charge in [-0.25, -0.2) is 8.42 Å². The van der Waals surface area contributed by atoms with Gasteiger partial charge in [0.2, 0.25) is 10.0 Å². The number of hydrogen-bond acceptors (Lipinski definition) is 4. The summed E-state index contributed by atoms with van der Waals surface area (Å²) in [4.78, 5) is 3.87. The fraction of sp³-hybridized carbons (Fsp3) is 0.214. The van der Waals surface area contributed by atoms with E-state index in [0.717, 1.165) is 11.1 Å². The Labute approximate surface area is 119 Å². The van der Waals surface area contributed by atoms with Crippen LogP contribution in [0.15, 0.2) is 47.6 Å². The summed E-state index contributed by atoms with van der Waals surface area (Å²) in [6.45, 7) is 2.26. The van der Waals surface area contributed by atoms with E-state index >= 15 is 0 Å². The van der Waals surface area contributed by atoms with E-state index in [0.29, 0.717) is 6.54 Å². The van der Waals surface area contributed by atoms with Crippen LogP contribution in [0.1, 0.15) is 11.1 Å². The number of aryl methyl sites for hydroxylation is 1. The summed E-state index contributed by atoms with van der Waals surface area (Å²) >= 11 is 0. The number of nitrogen functional groups attached to an aromatic ring is 1. The Balaban J connectivity index is 2.29. The molecule has 0 aliphatic heterocycles. The van der Waals surface area contributed by atoms with Gasteiger partial charge in [-0.1, -0.05) is 29.8 Å². The Morgan fingerprint density at radius 3 is 2.70 bits per heavy atom. The minimum atomic E-state index is -3.63. The van der Waals surface area contributed by atoms with Crippen LogP contribution < -0.4 is 5.73 Å². The van der Waals surface area contributed by atoms with Gasteiger partial charge in [-0.2, -0.15) is 4.31 Å². The van der Waals surface area contributed by atoms with Crippen LogP contribution in [0.25, 0.3) is 0 Å². The molecule has 0 spiro atoms. The molecule has 2 aromatic rings. The monoisotopic (exact) mass is 291 g/mol. The van der Waals surface area contributed by atoms with Crippen molar-refractivity contribution in [2.45, 2.75) is 18.4 Å². The van der Waals surface area contributed by atoms with E-state index in [1.807, 2.05) is 31.2 Å². The molecule has 0 unspecified atom stereocenters. The average Bonchev–Trinajstić information content (AvgIpc) is 2.39. The summed E-state index contributed by atoms with van der Waals surface area (Å²) in [7, 11) is -2.10. The van der Waals surface area contributed by atoms with Crippen LogP contribution in [-0.2, 0) is 16.6 Å². The molecule has 5 nitrogen and oxygen atoms in total.